The van der Waals surface area contributed by atoms with E-state index in [2.05, 4.69) is 60.7 Å². The summed E-state index contributed by atoms with van der Waals surface area (Å²) in [5.41, 5.74) is 1.63. The van der Waals surface area contributed by atoms with Crippen LogP contribution >= 0.6 is 7.92 Å². The number of hydrogen-bond donors (Lipinski definition) is 0. The summed E-state index contributed by atoms with van der Waals surface area (Å²) in [6.45, 7) is 0. The van der Waals surface area contributed by atoms with Crippen molar-refractivity contribution in [1.29, 1.82) is 0 Å². The van der Waals surface area contributed by atoms with E-state index in [0.29, 0.717) is 5.16 Å². The predicted molar refractivity (Wildman–Crippen MR) is 97.2 cm³/mol. The first-order chi connectivity index (χ1) is 10.9. The third-order valence-electron chi connectivity index (χ3n) is 5.79. The molecule has 2 fully saturated rings. The Labute approximate surface area is 135 Å². The predicted octanol–water partition coefficient (Wildman–Crippen LogP) is 5.67. The van der Waals surface area contributed by atoms with Crippen LogP contribution in [0.15, 0.2) is 60.7 Å². The van der Waals surface area contributed by atoms with Gasteiger partial charge in [0.1, 0.15) is 0 Å². The summed E-state index contributed by atoms with van der Waals surface area (Å²) < 4.78 is 0. The van der Waals surface area contributed by atoms with Gasteiger partial charge in [-0.05, 0) is 48.6 Å². The molecule has 0 spiro atoms. The molecule has 2 unspecified atom stereocenters. The van der Waals surface area contributed by atoms with Gasteiger partial charge in [0, 0.05) is 5.16 Å². The van der Waals surface area contributed by atoms with Gasteiger partial charge in [0.15, 0.2) is 0 Å². The Morgan fingerprint density at radius 3 is 2.09 bits per heavy atom. The topological polar surface area (TPSA) is 0 Å². The molecule has 0 bridgehead atoms. The molecule has 22 heavy (non-hydrogen) atoms. The van der Waals surface area contributed by atoms with Crippen molar-refractivity contribution in [3.8, 4) is 0 Å². The molecule has 0 nitrogen and oxygen atoms in total. The van der Waals surface area contributed by atoms with E-state index in [1.807, 2.05) is 0 Å². The van der Waals surface area contributed by atoms with Crippen molar-refractivity contribution in [2.24, 2.45) is 5.92 Å². The molecule has 1 aliphatic carbocycles. The number of hydrogen-bond acceptors (Lipinski definition) is 0. The zero-order chi connectivity index (χ0) is 14.8. The molecule has 2 aromatic rings. The monoisotopic (exact) mass is 308 g/mol. The second-order valence-electron chi connectivity index (χ2n) is 6.86. The minimum Gasteiger partial charge on any atom is -0.0642 e. The highest BCUT2D eigenvalue weighted by atomic mass is 31.1. The van der Waals surface area contributed by atoms with Crippen LogP contribution in [-0.2, 0) is 5.16 Å². The summed E-state index contributed by atoms with van der Waals surface area (Å²) in [6, 6.07) is 22.9. The molecule has 1 aliphatic heterocycles. The van der Waals surface area contributed by atoms with Crippen LogP contribution in [0.2, 0.25) is 0 Å². The van der Waals surface area contributed by atoms with Gasteiger partial charge < -0.3 is 0 Å². The molecule has 1 saturated carbocycles. The molecule has 0 N–H and O–H groups in total. The lowest BCUT2D eigenvalue weighted by molar-refractivity contribution is 0.376. The Morgan fingerprint density at radius 2 is 1.41 bits per heavy atom. The second kappa shape index (κ2) is 6.17. The average Bonchev–Trinajstić information content (AvgIpc) is 3.26. The minimum atomic E-state index is -0.0752. The second-order valence-corrected chi connectivity index (χ2v) is 9.48. The van der Waals surface area contributed by atoms with Crippen molar-refractivity contribution in [2.75, 3.05) is 6.16 Å². The molecular weight excluding hydrogens is 283 g/mol. The Bertz CT molecular complexity index is 600. The van der Waals surface area contributed by atoms with Crippen molar-refractivity contribution in [3.05, 3.63) is 66.2 Å². The minimum absolute atomic E-state index is 0.0752. The molecule has 0 aromatic heterocycles. The summed E-state index contributed by atoms with van der Waals surface area (Å²) in [7, 11) is -0.0752. The Hall–Kier alpha value is -1.13. The highest BCUT2D eigenvalue weighted by Gasteiger charge is 2.50. The molecule has 4 rings (SSSR count). The largest absolute Gasteiger partial charge is 0.0642 e. The zero-order valence-corrected chi connectivity index (χ0v) is 14.1. The van der Waals surface area contributed by atoms with E-state index in [1.54, 1.807) is 10.9 Å². The third-order valence-corrected chi connectivity index (χ3v) is 9.29. The van der Waals surface area contributed by atoms with Gasteiger partial charge in [0.25, 0.3) is 0 Å². The number of rotatable bonds is 3. The lowest BCUT2D eigenvalue weighted by Crippen LogP contribution is -2.32. The van der Waals surface area contributed by atoms with E-state index in [1.165, 1.54) is 44.7 Å². The quantitative estimate of drug-likeness (QED) is 0.641. The maximum absolute atomic E-state index is 2.42. The van der Waals surface area contributed by atoms with Gasteiger partial charge in [0.05, 0.1) is 0 Å². The zero-order valence-electron chi connectivity index (χ0n) is 13.2. The first-order valence-corrected chi connectivity index (χ1v) is 10.3. The SMILES string of the molecule is c1ccc(P2CCCC2(c2ccccc2)C2CCCC2)cc1. The summed E-state index contributed by atoms with van der Waals surface area (Å²) in [4.78, 5) is 0. The molecule has 2 atom stereocenters. The maximum Gasteiger partial charge on any atom is 0.0223 e. The van der Waals surface area contributed by atoms with Crippen molar-refractivity contribution in [1.82, 2.24) is 0 Å². The summed E-state index contributed by atoms with van der Waals surface area (Å²) in [5, 5.41) is 2.08. The van der Waals surface area contributed by atoms with Crippen LogP contribution in [0.4, 0.5) is 0 Å². The highest BCUT2D eigenvalue weighted by molar-refractivity contribution is 7.67. The Kier molecular flexibility index (Phi) is 4.05. The fourth-order valence-electron chi connectivity index (χ4n) is 4.90. The fraction of sp³-hybridized carbons (Fsp3) is 0.429. The summed E-state index contributed by atoms with van der Waals surface area (Å²) >= 11 is 0. The third kappa shape index (κ3) is 2.33. The van der Waals surface area contributed by atoms with E-state index in [9.17, 15) is 0 Å². The van der Waals surface area contributed by atoms with E-state index in [0.717, 1.165) is 5.92 Å². The molecule has 1 heteroatoms. The van der Waals surface area contributed by atoms with Gasteiger partial charge in [-0.2, -0.15) is 0 Å². The van der Waals surface area contributed by atoms with E-state index in [-0.39, 0.29) is 7.92 Å². The van der Waals surface area contributed by atoms with Gasteiger partial charge in [0.2, 0.25) is 0 Å². The van der Waals surface area contributed by atoms with Gasteiger partial charge >= 0.3 is 0 Å². The molecule has 114 valence electrons. The van der Waals surface area contributed by atoms with Crippen molar-refractivity contribution >= 4 is 13.2 Å². The smallest absolute Gasteiger partial charge is 0.0223 e. The Balaban J connectivity index is 1.83. The first kappa shape index (κ1) is 14.5. The summed E-state index contributed by atoms with van der Waals surface area (Å²) in [5.74, 6) is 0.906. The fourth-order valence-corrected chi connectivity index (χ4v) is 8.61. The van der Waals surface area contributed by atoms with E-state index in [4.69, 9.17) is 0 Å². The normalized spacial score (nSPS) is 29.0. The molecular formula is C21H25P. The summed E-state index contributed by atoms with van der Waals surface area (Å²) in [6.07, 6.45) is 10.0. The van der Waals surface area contributed by atoms with Crippen LogP contribution in [0.1, 0.15) is 44.1 Å². The van der Waals surface area contributed by atoms with Crippen LogP contribution in [0, 0.1) is 5.92 Å². The van der Waals surface area contributed by atoms with E-state index >= 15 is 0 Å². The number of benzene rings is 2. The molecule has 0 radical (unpaired) electrons. The van der Waals surface area contributed by atoms with Gasteiger partial charge in [-0.3, -0.25) is 0 Å². The van der Waals surface area contributed by atoms with Crippen LogP contribution in [-0.4, -0.2) is 6.16 Å². The van der Waals surface area contributed by atoms with Gasteiger partial charge in [-0.25, -0.2) is 0 Å². The average molecular weight is 308 g/mol. The van der Waals surface area contributed by atoms with Gasteiger partial charge in [-0.15, -0.1) is 0 Å². The molecule has 0 amide bonds. The Morgan fingerprint density at radius 1 is 0.773 bits per heavy atom. The maximum atomic E-state index is 2.42. The van der Waals surface area contributed by atoms with Crippen LogP contribution < -0.4 is 5.30 Å². The lowest BCUT2D eigenvalue weighted by Gasteiger charge is -2.42. The standard InChI is InChI=1S/C21H25P/c1-3-10-18(11-4-1)21(19-12-7-8-13-19)16-9-17-22(21)20-14-5-2-6-15-20/h1-6,10-11,14-15,19H,7-9,12-13,16-17H2. The highest BCUT2D eigenvalue weighted by Crippen LogP contribution is 2.68. The van der Waals surface area contributed by atoms with Crippen LogP contribution in [0.5, 0.6) is 0 Å². The molecule has 2 aliphatic rings. The van der Waals surface area contributed by atoms with Crippen LogP contribution in [0.25, 0.3) is 0 Å². The van der Waals surface area contributed by atoms with Crippen molar-refractivity contribution < 1.29 is 0 Å². The molecule has 2 aromatic carbocycles. The first-order valence-electron chi connectivity index (χ1n) is 8.79. The van der Waals surface area contributed by atoms with Crippen molar-refractivity contribution in [2.45, 2.75) is 43.7 Å². The van der Waals surface area contributed by atoms with Crippen LogP contribution in [0.3, 0.4) is 0 Å². The van der Waals surface area contributed by atoms with E-state index < -0.39 is 0 Å². The molecule has 1 saturated heterocycles. The van der Waals surface area contributed by atoms with Gasteiger partial charge in [-0.1, -0.05) is 81.4 Å². The van der Waals surface area contributed by atoms with Crippen molar-refractivity contribution in [3.63, 3.8) is 0 Å². The lowest BCUT2D eigenvalue weighted by atomic mass is 9.81. The molecule has 1 heterocycles.